The van der Waals surface area contributed by atoms with Crippen LogP contribution in [-0.4, -0.2) is 5.78 Å². The molecule has 0 aliphatic heterocycles. The highest BCUT2D eigenvalue weighted by Crippen LogP contribution is 2.29. The predicted molar refractivity (Wildman–Crippen MR) is 78.4 cm³/mol. The van der Waals surface area contributed by atoms with Gasteiger partial charge in [0, 0.05) is 27.1 Å². The molecule has 0 aliphatic carbocycles. The van der Waals surface area contributed by atoms with E-state index in [2.05, 4.69) is 15.9 Å². The molecule has 1 aromatic heterocycles. The first-order valence-electron chi connectivity index (χ1n) is 6.15. The molecule has 106 valence electrons. The minimum absolute atomic E-state index is 0.0753. The first-order valence-corrected chi connectivity index (χ1v) is 6.94. The van der Waals surface area contributed by atoms with Crippen LogP contribution in [0.2, 0.25) is 0 Å². The second-order valence-corrected chi connectivity index (χ2v) is 5.60. The smallest absolute Gasteiger partial charge is 0.228 e. The third kappa shape index (κ3) is 2.49. The Morgan fingerprint density at radius 2 is 1.76 bits per heavy atom. The minimum atomic E-state index is -0.796. The number of ketones is 1. The van der Waals surface area contributed by atoms with Crippen molar-refractivity contribution in [3.8, 4) is 0 Å². The van der Waals surface area contributed by atoms with Gasteiger partial charge in [-0.05, 0) is 37.3 Å². The van der Waals surface area contributed by atoms with Crippen molar-refractivity contribution in [3.05, 3.63) is 69.4 Å². The lowest BCUT2D eigenvalue weighted by Crippen LogP contribution is -2.03. The Morgan fingerprint density at radius 3 is 2.43 bits per heavy atom. The molecule has 2 nitrogen and oxygen atoms in total. The molecule has 0 saturated carbocycles. The van der Waals surface area contributed by atoms with E-state index in [9.17, 15) is 13.6 Å². The van der Waals surface area contributed by atoms with Crippen LogP contribution in [0, 0.1) is 18.6 Å². The first-order chi connectivity index (χ1) is 9.95. The van der Waals surface area contributed by atoms with Crippen LogP contribution in [-0.2, 0) is 0 Å². The summed E-state index contributed by atoms with van der Waals surface area (Å²) in [5, 5.41) is 0.782. The highest BCUT2D eigenvalue weighted by Gasteiger charge is 2.20. The molecule has 1 heterocycles. The van der Waals surface area contributed by atoms with E-state index < -0.39 is 17.4 Å². The second kappa shape index (κ2) is 5.07. The lowest BCUT2D eigenvalue weighted by Gasteiger charge is -2.00. The average Bonchev–Trinajstić information content (AvgIpc) is 2.74. The fourth-order valence-electron chi connectivity index (χ4n) is 2.23. The number of aryl methyl sites for hydroxylation is 1. The maximum Gasteiger partial charge on any atom is 0.228 e. The van der Waals surface area contributed by atoms with Gasteiger partial charge in [0.15, 0.2) is 5.76 Å². The van der Waals surface area contributed by atoms with E-state index in [1.165, 1.54) is 0 Å². The summed E-state index contributed by atoms with van der Waals surface area (Å²) < 4.78 is 32.9. The molecule has 5 heteroatoms. The number of carbonyl (C=O) groups is 1. The number of fused-ring (bicyclic) bond motifs is 1. The Labute approximate surface area is 127 Å². The average molecular weight is 351 g/mol. The zero-order valence-corrected chi connectivity index (χ0v) is 12.5. The lowest BCUT2D eigenvalue weighted by molar-refractivity contribution is 0.101. The number of benzene rings is 2. The summed E-state index contributed by atoms with van der Waals surface area (Å²) in [6.45, 7) is 1.74. The Morgan fingerprint density at radius 1 is 1.10 bits per heavy atom. The molecule has 21 heavy (non-hydrogen) atoms. The number of hydrogen-bond acceptors (Lipinski definition) is 2. The Balaban J connectivity index is 2.15. The summed E-state index contributed by atoms with van der Waals surface area (Å²) >= 11 is 3.35. The van der Waals surface area contributed by atoms with Crippen LogP contribution >= 0.6 is 15.9 Å². The summed E-state index contributed by atoms with van der Waals surface area (Å²) in [4.78, 5) is 12.4. The summed E-state index contributed by atoms with van der Waals surface area (Å²) in [6.07, 6.45) is 0. The van der Waals surface area contributed by atoms with Gasteiger partial charge in [-0.3, -0.25) is 4.79 Å². The van der Waals surface area contributed by atoms with Crippen molar-refractivity contribution >= 4 is 32.7 Å². The van der Waals surface area contributed by atoms with E-state index >= 15 is 0 Å². The molecule has 0 atom stereocenters. The molecule has 0 amide bonds. The van der Waals surface area contributed by atoms with Crippen molar-refractivity contribution in [3.63, 3.8) is 0 Å². The number of rotatable bonds is 2. The van der Waals surface area contributed by atoms with Crippen LogP contribution in [0.4, 0.5) is 8.78 Å². The van der Waals surface area contributed by atoms with E-state index in [-0.39, 0.29) is 11.3 Å². The second-order valence-electron chi connectivity index (χ2n) is 4.68. The molecule has 0 aliphatic rings. The zero-order chi connectivity index (χ0) is 15.1. The van der Waals surface area contributed by atoms with Crippen LogP contribution < -0.4 is 0 Å². The fraction of sp³-hybridized carbons (Fsp3) is 0.0625. The molecule has 3 aromatic rings. The van der Waals surface area contributed by atoms with E-state index in [4.69, 9.17) is 4.42 Å². The van der Waals surface area contributed by atoms with Crippen molar-refractivity contribution in [1.29, 1.82) is 0 Å². The van der Waals surface area contributed by atoms with E-state index in [0.29, 0.717) is 11.1 Å². The maximum absolute atomic E-state index is 13.2. The molecule has 0 saturated heterocycles. The third-order valence-corrected chi connectivity index (χ3v) is 3.72. The normalized spacial score (nSPS) is 11.0. The summed E-state index contributed by atoms with van der Waals surface area (Å²) in [5.74, 6) is -2.05. The first kappa shape index (κ1) is 13.9. The van der Waals surface area contributed by atoms with Gasteiger partial charge in [0.2, 0.25) is 5.78 Å². The van der Waals surface area contributed by atoms with Crippen LogP contribution in [0.15, 0.2) is 45.3 Å². The largest absolute Gasteiger partial charge is 0.452 e. The Hall–Kier alpha value is -2.01. The van der Waals surface area contributed by atoms with E-state index in [0.717, 1.165) is 28.1 Å². The molecule has 0 radical (unpaired) electrons. The highest BCUT2D eigenvalue weighted by molar-refractivity contribution is 9.10. The van der Waals surface area contributed by atoms with Gasteiger partial charge in [-0.1, -0.05) is 15.9 Å². The van der Waals surface area contributed by atoms with Gasteiger partial charge < -0.3 is 4.42 Å². The molecule has 0 N–H and O–H groups in total. The lowest BCUT2D eigenvalue weighted by atomic mass is 10.0. The van der Waals surface area contributed by atoms with E-state index in [1.54, 1.807) is 19.1 Å². The SMILES string of the molecule is Cc1c(C(=O)c2cc(F)cc(F)c2)oc2ccc(Br)cc12. The highest BCUT2D eigenvalue weighted by atomic mass is 79.9. The molecule has 0 unspecified atom stereocenters. The molecular weight excluding hydrogens is 342 g/mol. The Bertz CT molecular complexity index is 848. The van der Waals surface area contributed by atoms with Gasteiger partial charge >= 0.3 is 0 Å². The maximum atomic E-state index is 13.2. The topological polar surface area (TPSA) is 30.2 Å². The number of halogens is 3. The van der Waals surface area contributed by atoms with E-state index in [1.807, 2.05) is 6.07 Å². The number of hydrogen-bond donors (Lipinski definition) is 0. The summed E-state index contributed by atoms with van der Waals surface area (Å²) in [5.41, 5.74) is 1.12. The van der Waals surface area contributed by atoms with Gasteiger partial charge in [-0.2, -0.15) is 0 Å². The monoisotopic (exact) mass is 350 g/mol. The van der Waals surface area contributed by atoms with Gasteiger partial charge in [0.25, 0.3) is 0 Å². The third-order valence-electron chi connectivity index (χ3n) is 3.23. The quantitative estimate of drug-likeness (QED) is 0.608. The van der Waals surface area contributed by atoms with Crippen LogP contribution in [0.25, 0.3) is 11.0 Å². The van der Waals surface area contributed by atoms with Crippen molar-refractivity contribution in [2.75, 3.05) is 0 Å². The van der Waals surface area contributed by atoms with Crippen LogP contribution in [0.1, 0.15) is 21.7 Å². The molecule has 3 rings (SSSR count). The molecule has 0 bridgehead atoms. The van der Waals surface area contributed by atoms with Gasteiger partial charge in [0.05, 0.1) is 0 Å². The van der Waals surface area contributed by atoms with Crippen molar-refractivity contribution < 1.29 is 18.0 Å². The van der Waals surface area contributed by atoms with Crippen molar-refractivity contribution in [2.45, 2.75) is 6.92 Å². The summed E-state index contributed by atoms with van der Waals surface area (Å²) in [7, 11) is 0. The van der Waals surface area contributed by atoms with Crippen LogP contribution in [0.3, 0.4) is 0 Å². The van der Waals surface area contributed by atoms with Gasteiger partial charge in [0.1, 0.15) is 17.2 Å². The van der Waals surface area contributed by atoms with Gasteiger partial charge in [-0.25, -0.2) is 8.78 Å². The molecule has 0 spiro atoms. The molecule has 0 fully saturated rings. The van der Waals surface area contributed by atoms with Crippen LogP contribution in [0.5, 0.6) is 0 Å². The minimum Gasteiger partial charge on any atom is -0.452 e. The zero-order valence-electron chi connectivity index (χ0n) is 10.9. The number of carbonyl (C=O) groups excluding carboxylic acids is 1. The fourth-order valence-corrected chi connectivity index (χ4v) is 2.59. The molecular formula is C16H9BrF2O2. The van der Waals surface area contributed by atoms with Crippen molar-refractivity contribution in [1.82, 2.24) is 0 Å². The van der Waals surface area contributed by atoms with Gasteiger partial charge in [-0.15, -0.1) is 0 Å². The predicted octanol–water partition coefficient (Wildman–Crippen LogP) is 5.01. The Kier molecular flexibility index (Phi) is 3.37. The molecule has 2 aromatic carbocycles. The summed E-state index contributed by atoms with van der Waals surface area (Å²) in [6, 6.07) is 8.06. The number of furan rings is 1. The standard InChI is InChI=1S/C16H9BrF2O2/c1-8-13-6-10(17)2-3-14(13)21-16(8)15(20)9-4-11(18)7-12(19)5-9/h2-7H,1H3. The van der Waals surface area contributed by atoms with Crippen molar-refractivity contribution in [2.24, 2.45) is 0 Å².